The third kappa shape index (κ3) is 8.65. The number of sulfone groups is 1. The van der Waals surface area contributed by atoms with Crippen molar-refractivity contribution in [3.63, 3.8) is 0 Å². The van der Waals surface area contributed by atoms with Gasteiger partial charge in [-0.05, 0) is 123 Å². The zero-order valence-corrected chi connectivity index (χ0v) is 29.9. The van der Waals surface area contributed by atoms with E-state index in [4.69, 9.17) is 54.4 Å². The van der Waals surface area contributed by atoms with Crippen LogP contribution in [0.2, 0.25) is 0 Å². The second-order valence-corrected chi connectivity index (χ2v) is 23.2. The van der Waals surface area contributed by atoms with Gasteiger partial charge in [-0.3, -0.25) is 9.13 Å². The molecule has 0 N–H and O–H groups in total. The van der Waals surface area contributed by atoms with Crippen molar-refractivity contribution in [3.05, 3.63) is 113 Å². The molecule has 0 unspecified atom stereocenters. The fraction of sp³-hybridized carbons (Fsp3) is 0.226. The predicted molar refractivity (Wildman–Crippen MR) is 181 cm³/mol. The molecule has 4 aromatic carbocycles. The highest BCUT2D eigenvalue weighted by Crippen LogP contribution is 2.61. The van der Waals surface area contributed by atoms with Crippen molar-refractivity contribution < 1.29 is 27.0 Å². The predicted octanol–water partition coefficient (Wildman–Crippen LogP) is 11.3. The molecule has 0 amide bonds. The quantitative estimate of drug-likeness (QED) is 0.143. The van der Waals surface area contributed by atoms with Crippen molar-refractivity contribution >= 4 is 66.5 Å². The first-order chi connectivity index (χ1) is 20.4. The van der Waals surface area contributed by atoms with Gasteiger partial charge in [-0.1, -0.05) is 55.8 Å². The van der Waals surface area contributed by atoms with Crippen LogP contribution in [0.3, 0.4) is 0 Å². The molecule has 0 fully saturated rings. The molecule has 4 aromatic rings. The van der Waals surface area contributed by atoms with Gasteiger partial charge in [0.25, 0.3) is 11.7 Å². The van der Waals surface area contributed by atoms with Crippen molar-refractivity contribution in [2.24, 2.45) is 0 Å². The Morgan fingerprint density at radius 1 is 0.659 bits per heavy atom. The van der Waals surface area contributed by atoms with Gasteiger partial charge >= 0.3 is 0 Å². The second-order valence-electron chi connectivity index (χ2n) is 10.8. The van der Waals surface area contributed by atoms with Crippen LogP contribution in [-0.2, 0) is 36.7 Å². The lowest BCUT2D eigenvalue weighted by molar-refractivity contribution is 0.414. The summed E-state index contributed by atoms with van der Waals surface area (Å²) in [7, 11) is -2.62. The molecular formula is C31H30Cl4O6P2S. The standard InChI is InChI=1S/C31H30Cl4O6P2S/c1-21-5-15-29(22(17-21)19-42(32,33)36)44(38,39)30-16-14-28(18-23(30)20-43(34,35)37)41-27-12-8-25(9-13-27)31(2,3)24-6-10-26(40-4)11-7-24/h5-18H,19-20H2,1-4H3. The Balaban J connectivity index is 1.68. The third-order valence-corrected chi connectivity index (χ3v) is 12.0. The first-order valence-corrected chi connectivity index (χ1v) is 22.1. The number of halogens is 4. The summed E-state index contributed by atoms with van der Waals surface area (Å²) in [5.74, 6) is -5.85. The fourth-order valence-electron chi connectivity index (χ4n) is 4.86. The number of ether oxygens (including phenoxy) is 2. The zero-order chi connectivity index (χ0) is 32.5. The Labute approximate surface area is 277 Å². The van der Waals surface area contributed by atoms with Gasteiger partial charge in [0.1, 0.15) is 17.2 Å². The van der Waals surface area contributed by atoms with Crippen molar-refractivity contribution in [2.75, 3.05) is 7.11 Å². The van der Waals surface area contributed by atoms with Crippen LogP contribution in [0.5, 0.6) is 17.2 Å². The maximum Gasteiger partial charge on any atom is 0.257 e. The number of hydrogen-bond acceptors (Lipinski definition) is 6. The SMILES string of the molecule is COc1ccc(C(C)(C)c2ccc(Oc3ccc(S(=O)(=O)c4ccc(C)cc4CP(=O)(Cl)Cl)c(CP(=O)(Cl)Cl)c3)cc2)cc1. The lowest BCUT2D eigenvalue weighted by Crippen LogP contribution is -2.18. The van der Waals surface area contributed by atoms with Crippen molar-refractivity contribution in [1.29, 1.82) is 0 Å². The van der Waals surface area contributed by atoms with E-state index in [0.29, 0.717) is 5.75 Å². The summed E-state index contributed by atoms with van der Waals surface area (Å²) in [5.41, 5.74) is 2.88. The van der Waals surface area contributed by atoms with Gasteiger partial charge in [0.2, 0.25) is 9.84 Å². The molecule has 4 rings (SSSR count). The molecule has 0 aliphatic rings. The van der Waals surface area contributed by atoms with Gasteiger partial charge in [-0.25, -0.2) is 8.42 Å². The summed E-state index contributed by atoms with van der Waals surface area (Å²) >= 11 is 23.5. The van der Waals surface area contributed by atoms with E-state index in [-0.39, 0.29) is 38.2 Å². The molecule has 0 saturated heterocycles. The van der Waals surface area contributed by atoms with E-state index in [1.54, 1.807) is 26.2 Å². The average Bonchev–Trinajstić information content (AvgIpc) is 2.91. The zero-order valence-electron chi connectivity index (χ0n) is 24.3. The smallest absolute Gasteiger partial charge is 0.257 e. The fourth-order valence-corrected chi connectivity index (χ4v) is 9.62. The van der Waals surface area contributed by atoms with Crippen LogP contribution in [-0.4, -0.2) is 15.5 Å². The Morgan fingerprint density at radius 2 is 1.09 bits per heavy atom. The Hall–Kier alpha value is -1.95. The lowest BCUT2D eigenvalue weighted by atomic mass is 9.78. The highest BCUT2D eigenvalue weighted by molar-refractivity contribution is 8.08. The molecule has 0 bridgehead atoms. The summed E-state index contributed by atoms with van der Waals surface area (Å²) in [6, 6.07) is 24.3. The van der Waals surface area contributed by atoms with Crippen LogP contribution in [0.15, 0.2) is 94.7 Å². The molecule has 234 valence electrons. The largest absolute Gasteiger partial charge is 0.497 e. The Bertz CT molecular complexity index is 1870. The number of benzene rings is 4. The van der Waals surface area contributed by atoms with E-state index in [1.807, 2.05) is 48.5 Å². The third-order valence-electron chi connectivity index (χ3n) is 7.16. The molecule has 0 aliphatic carbocycles. The first-order valence-electron chi connectivity index (χ1n) is 13.3. The van der Waals surface area contributed by atoms with Gasteiger partial charge in [0.15, 0.2) is 0 Å². The molecule has 0 heterocycles. The van der Waals surface area contributed by atoms with Crippen molar-refractivity contribution in [1.82, 2.24) is 0 Å². The molecule has 0 radical (unpaired) electrons. The van der Waals surface area contributed by atoms with Crippen molar-refractivity contribution in [2.45, 2.75) is 48.3 Å². The molecule has 44 heavy (non-hydrogen) atoms. The molecule has 6 nitrogen and oxygen atoms in total. The number of hydrogen-bond donors (Lipinski definition) is 0. The van der Waals surface area contributed by atoms with Crippen LogP contribution in [0, 0.1) is 6.92 Å². The Morgan fingerprint density at radius 3 is 1.57 bits per heavy atom. The second kappa shape index (κ2) is 13.4. The van der Waals surface area contributed by atoms with Crippen LogP contribution in [0.25, 0.3) is 0 Å². The summed E-state index contributed by atoms with van der Waals surface area (Å²) in [6.45, 7) is 5.99. The summed E-state index contributed by atoms with van der Waals surface area (Å²) in [4.78, 5) is -0.305. The van der Waals surface area contributed by atoms with Gasteiger partial charge < -0.3 is 9.47 Å². The first kappa shape index (κ1) is 34.9. The average molecular weight is 734 g/mol. The van der Waals surface area contributed by atoms with Gasteiger partial charge in [-0.2, -0.15) is 0 Å². The van der Waals surface area contributed by atoms with E-state index >= 15 is 0 Å². The van der Waals surface area contributed by atoms with Gasteiger partial charge in [-0.15, -0.1) is 0 Å². The topological polar surface area (TPSA) is 86.7 Å². The maximum atomic E-state index is 13.9. The summed E-state index contributed by atoms with van der Waals surface area (Å²) < 4.78 is 63.8. The highest BCUT2D eigenvalue weighted by Gasteiger charge is 2.30. The monoisotopic (exact) mass is 732 g/mol. The van der Waals surface area contributed by atoms with E-state index in [2.05, 4.69) is 13.8 Å². The van der Waals surface area contributed by atoms with Crippen LogP contribution in [0.1, 0.15) is 41.7 Å². The van der Waals surface area contributed by atoms with Crippen molar-refractivity contribution in [3.8, 4) is 17.2 Å². The molecule has 0 atom stereocenters. The Kier molecular flexibility index (Phi) is 10.6. The minimum Gasteiger partial charge on any atom is -0.497 e. The number of aryl methyl sites for hydroxylation is 1. The summed E-state index contributed by atoms with van der Waals surface area (Å²) in [6.07, 6.45) is -0.779. The van der Waals surface area contributed by atoms with E-state index in [9.17, 15) is 17.5 Å². The molecule has 0 spiro atoms. The molecular weight excluding hydrogens is 704 g/mol. The van der Waals surface area contributed by atoms with E-state index in [0.717, 1.165) is 22.4 Å². The highest BCUT2D eigenvalue weighted by atomic mass is 35.9. The van der Waals surface area contributed by atoms with Crippen LogP contribution in [0.4, 0.5) is 0 Å². The lowest BCUT2D eigenvalue weighted by Gasteiger charge is -2.26. The van der Waals surface area contributed by atoms with Crippen LogP contribution >= 0.6 is 56.7 Å². The number of rotatable bonds is 11. The van der Waals surface area contributed by atoms with Crippen LogP contribution < -0.4 is 9.47 Å². The molecule has 0 saturated carbocycles. The molecule has 0 aliphatic heterocycles. The van der Waals surface area contributed by atoms with Gasteiger partial charge in [0.05, 0.1) is 29.2 Å². The van der Waals surface area contributed by atoms with Gasteiger partial charge in [0, 0.05) is 5.41 Å². The van der Waals surface area contributed by atoms with E-state index in [1.165, 1.54) is 24.3 Å². The van der Waals surface area contributed by atoms with E-state index < -0.39 is 27.7 Å². The molecule has 13 heteroatoms. The maximum absolute atomic E-state index is 13.9. The number of methoxy groups -OCH3 is 1. The minimum atomic E-state index is -4.24. The minimum absolute atomic E-state index is 0.0968. The summed E-state index contributed by atoms with van der Waals surface area (Å²) in [5, 5.41) is 0. The normalized spacial score (nSPS) is 12.6. The molecule has 0 aromatic heterocycles.